The number of aliphatic hydroxyl groups excluding tert-OH is 2. The average molecular weight is 614 g/mol. The molecule has 2 unspecified atom stereocenters. The highest BCUT2D eigenvalue weighted by Crippen LogP contribution is 2.11. The van der Waals surface area contributed by atoms with Crippen molar-refractivity contribution in [3.05, 3.63) is 60.8 Å². The van der Waals surface area contributed by atoms with Crippen molar-refractivity contribution >= 4 is 5.91 Å². The van der Waals surface area contributed by atoms with Gasteiger partial charge in [0.1, 0.15) is 0 Å². The maximum absolute atomic E-state index is 12.3. The summed E-state index contributed by atoms with van der Waals surface area (Å²) in [7, 11) is 0. The molecule has 2 atom stereocenters. The molecule has 4 nitrogen and oxygen atoms in total. The molecule has 0 saturated heterocycles. The van der Waals surface area contributed by atoms with E-state index in [4.69, 9.17) is 0 Å². The summed E-state index contributed by atoms with van der Waals surface area (Å²) in [6.45, 7) is 4.23. The summed E-state index contributed by atoms with van der Waals surface area (Å²) in [5.41, 5.74) is 0. The predicted octanol–water partition coefficient (Wildman–Crippen LogP) is 11.0. The van der Waals surface area contributed by atoms with E-state index in [9.17, 15) is 15.0 Å². The minimum Gasteiger partial charge on any atom is -0.394 e. The molecular formula is C40H71NO3. The van der Waals surface area contributed by atoms with Crippen LogP contribution in [0, 0.1) is 0 Å². The minimum absolute atomic E-state index is 0.0908. The molecule has 0 rings (SSSR count). The van der Waals surface area contributed by atoms with E-state index < -0.39 is 12.1 Å². The Hall–Kier alpha value is -1.91. The SMILES string of the molecule is CCCCC/C=C\C/C=C\C/C=C\CCCCCCCCC(=O)NC(CO)C(O)/C=C/CC/C=C/CCCCCCCCC. The van der Waals surface area contributed by atoms with Gasteiger partial charge in [-0.05, 0) is 70.6 Å². The molecule has 0 heterocycles. The van der Waals surface area contributed by atoms with Crippen LogP contribution in [0.3, 0.4) is 0 Å². The lowest BCUT2D eigenvalue weighted by Crippen LogP contribution is -2.45. The smallest absolute Gasteiger partial charge is 0.220 e. The third kappa shape index (κ3) is 31.5. The van der Waals surface area contributed by atoms with E-state index in [1.54, 1.807) is 6.08 Å². The fourth-order valence-corrected chi connectivity index (χ4v) is 5.08. The highest BCUT2D eigenvalue weighted by molar-refractivity contribution is 5.76. The molecule has 0 aliphatic carbocycles. The normalized spacial score (nSPS) is 13.8. The summed E-state index contributed by atoms with van der Waals surface area (Å²) in [4.78, 5) is 12.3. The van der Waals surface area contributed by atoms with Gasteiger partial charge in [-0.1, -0.05) is 152 Å². The van der Waals surface area contributed by atoms with Gasteiger partial charge in [0.15, 0.2) is 0 Å². The summed E-state index contributed by atoms with van der Waals surface area (Å²) < 4.78 is 0. The Morgan fingerprint density at radius 1 is 0.545 bits per heavy atom. The van der Waals surface area contributed by atoms with Crippen molar-refractivity contribution in [2.24, 2.45) is 0 Å². The molecule has 0 bridgehead atoms. The Labute approximate surface area is 273 Å². The molecule has 0 aliphatic heterocycles. The van der Waals surface area contributed by atoms with Crippen LogP contribution in [0.2, 0.25) is 0 Å². The number of amides is 1. The third-order valence-electron chi connectivity index (χ3n) is 7.97. The molecule has 1 amide bonds. The molecule has 0 fully saturated rings. The second-order valence-electron chi connectivity index (χ2n) is 12.3. The van der Waals surface area contributed by atoms with Crippen LogP contribution in [0.25, 0.3) is 0 Å². The van der Waals surface area contributed by atoms with Crippen LogP contribution in [-0.2, 0) is 4.79 Å². The van der Waals surface area contributed by atoms with E-state index >= 15 is 0 Å². The molecule has 4 heteroatoms. The van der Waals surface area contributed by atoms with Crippen molar-refractivity contribution in [1.82, 2.24) is 5.32 Å². The first kappa shape index (κ1) is 42.1. The van der Waals surface area contributed by atoms with Crippen molar-refractivity contribution < 1.29 is 15.0 Å². The Kier molecular flexibility index (Phi) is 34.0. The number of allylic oxidation sites excluding steroid dienone is 9. The Balaban J connectivity index is 3.72. The molecule has 0 aromatic heterocycles. The highest BCUT2D eigenvalue weighted by Gasteiger charge is 2.17. The zero-order valence-electron chi connectivity index (χ0n) is 28.9. The molecule has 254 valence electrons. The summed E-state index contributed by atoms with van der Waals surface area (Å²) in [6, 6.07) is -0.646. The predicted molar refractivity (Wildman–Crippen MR) is 193 cm³/mol. The maximum atomic E-state index is 12.3. The Morgan fingerprint density at radius 2 is 0.955 bits per heavy atom. The summed E-state index contributed by atoms with van der Waals surface area (Å²) in [5, 5.41) is 22.8. The first-order valence-corrected chi connectivity index (χ1v) is 18.5. The Bertz CT molecular complexity index is 752. The van der Waals surface area contributed by atoms with Crippen molar-refractivity contribution in [2.45, 2.75) is 180 Å². The van der Waals surface area contributed by atoms with E-state index in [0.717, 1.165) is 57.8 Å². The molecule has 3 N–H and O–H groups in total. The number of rotatable bonds is 32. The highest BCUT2D eigenvalue weighted by atomic mass is 16.3. The molecule has 0 aromatic carbocycles. The first-order chi connectivity index (χ1) is 21.7. The fraction of sp³-hybridized carbons (Fsp3) is 0.725. The summed E-state index contributed by atoms with van der Waals surface area (Å²) >= 11 is 0. The van der Waals surface area contributed by atoms with Gasteiger partial charge in [-0.2, -0.15) is 0 Å². The molecule has 0 radical (unpaired) electrons. The van der Waals surface area contributed by atoms with Crippen molar-refractivity contribution in [1.29, 1.82) is 0 Å². The number of hydrogen-bond donors (Lipinski definition) is 3. The zero-order valence-corrected chi connectivity index (χ0v) is 28.9. The number of carbonyl (C=O) groups excluding carboxylic acids is 1. The maximum Gasteiger partial charge on any atom is 0.220 e. The van der Waals surface area contributed by atoms with Gasteiger partial charge in [0.25, 0.3) is 0 Å². The lowest BCUT2D eigenvalue weighted by atomic mass is 10.1. The molecule has 0 aromatic rings. The lowest BCUT2D eigenvalue weighted by Gasteiger charge is -2.19. The van der Waals surface area contributed by atoms with Crippen LogP contribution in [-0.4, -0.2) is 34.9 Å². The van der Waals surface area contributed by atoms with E-state index in [1.807, 2.05) is 6.08 Å². The quantitative estimate of drug-likeness (QED) is 0.0522. The largest absolute Gasteiger partial charge is 0.394 e. The van der Waals surface area contributed by atoms with Gasteiger partial charge in [-0.15, -0.1) is 0 Å². The van der Waals surface area contributed by atoms with E-state index in [0.29, 0.717) is 6.42 Å². The zero-order chi connectivity index (χ0) is 32.2. The van der Waals surface area contributed by atoms with E-state index in [1.165, 1.54) is 89.9 Å². The van der Waals surface area contributed by atoms with Gasteiger partial charge >= 0.3 is 0 Å². The average Bonchev–Trinajstić information content (AvgIpc) is 3.03. The van der Waals surface area contributed by atoms with Gasteiger partial charge < -0.3 is 15.5 Å². The van der Waals surface area contributed by atoms with Crippen molar-refractivity contribution in [2.75, 3.05) is 6.61 Å². The van der Waals surface area contributed by atoms with Crippen LogP contribution in [0.1, 0.15) is 168 Å². The van der Waals surface area contributed by atoms with Gasteiger partial charge in [-0.3, -0.25) is 4.79 Å². The Morgan fingerprint density at radius 3 is 1.52 bits per heavy atom. The molecule has 44 heavy (non-hydrogen) atoms. The minimum atomic E-state index is -0.868. The lowest BCUT2D eigenvalue weighted by molar-refractivity contribution is -0.123. The summed E-state index contributed by atoms with van der Waals surface area (Å²) in [5.74, 6) is -0.0908. The van der Waals surface area contributed by atoms with Crippen LogP contribution < -0.4 is 5.32 Å². The van der Waals surface area contributed by atoms with Crippen molar-refractivity contribution in [3.8, 4) is 0 Å². The molecular weight excluding hydrogens is 542 g/mol. The van der Waals surface area contributed by atoms with Gasteiger partial charge in [0.2, 0.25) is 5.91 Å². The van der Waals surface area contributed by atoms with Crippen LogP contribution >= 0.6 is 0 Å². The summed E-state index contributed by atoms with van der Waals surface area (Å²) in [6.07, 6.45) is 48.7. The number of nitrogens with one attached hydrogen (secondary N) is 1. The third-order valence-corrected chi connectivity index (χ3v) is 7.97. The van der Waals surface area contributed by atoms with Crippen LogP contribution in [0.5, 0.6) is 0 Å². The number of hydrogen-bond acceptors (Lipinski definition) is 3. The van der Waals surface area contributed by atoms with Gasteiger partial charge in [0, 0.05) is 6.42 Å². The molecule has 0 spiro atoms. The topological polar surface area (TPSA) is 69.6 Å². The van der Waals surface area contributed by atoms with Crippen LogP contribution in [0.4, 0.5) is 0 Å². The second kappa shape index (κ2) is 35.6. The van der Waals surface area contributed by atoms with Crippen molar-refractivity contribution in [3.63, 3.8) is 0 Å². The van der Waals surface area contributed by atoms with Gasteiger partial charge in [-0.25, -0.2) is 0 Å². The second-order valence-corrected chi connectivity index (χ2v) is 12.3. The van der Waals surface area contributed by atoms with Crippen LogP contribution in [0.15, 0.2) is 60.8 Å². The van der Waals surface area contributed by atoms with Gasteiger partial charge in [0.05, 0.1) is 18.8 Å². The number of unbranched alkanes of at least 4 members (excludes halogenated alkanes) is 17. The number of aliphatic hydroxyl groups is 2. The molecule has 0 saturated carbocycles. The fourth-order valence-electron chi connectivity index (χ4n) is 5.08. The monoisotopic (exact) mass is 614 g/mol. The first-order valence-electron chi connectivity index (χ1n) is 18.5. The number of carbonyl (C=O) groups is 1. The molecule has 0 aliphatic rings. The van der Waals surface area contributed by atoms with E-state index in [-0.39, 0.29) is 12.5 Å². The van der Waals surface area contributed by atoms with E-state index in [2.05, 4.69) is 67.8 Å². The standard InChI is InChI=1S/C40H71NO3/c1-3-5-7-9-11-13-15-17-18-19-20-21-22-24-26-28-30-32-34-36-40(44)41-38(37-42)39(43)35-33-31-29-27-25-23-16-14-12-10-8-6-4-2/h11,13,17-18,20-21,25,27,33,35,38-39,42-43H,3-10,12,14-16,19,22-24,26,28-32,34,36-37H2,1-2H3,(H,41,44)/b13-11-,18-17-,21-20-,27-25+,35-33+.